The number of ether oxygens (including phenoxy) is 1. The molecule has 0 fully saturated rings. The third kappa shape index (κ3) is 3.46. The van der Waals surface area contributed by atoms with E-state index in [4.69, 9.17) is 16.3 Å². The van der Waals surface area contributed by atoms with E-state index in [2.05, 4.69) is 5.32 Å². The van der Waals surface area contributed by atoms with Crippen molar-refractivity contribution in [2.75, 3.05) is 17.3 Å². The Labute approximate surface area is 151 Å². The number of nitrogens with one attached hydrogen (secondary N) is 1. The van der Waals surface area contributed by atoms with Crippen LogP contribution in [0.4, 0.5) is 16.2 Å². The van der Waals surface area contributed by atoms with Crippen LogP contribution in [0.15, 0.2) is 48.5 Å². The minimum atomic E-state index is -0.365. The predicted octanol–water partition coefficient (Wildman–Crippen LogP) is 4.43. The van der Waals surface area contributed by atoms with Gasteiger partial charge in [0.25, 0.3) is 0 Å². The Morgan fingerprint density at radius 2 is 1.84 bits per heavy atom. The molecule has 1 N–H and O–H groups in total. The van der Waals surface area contributed by atoms with Crippen LogP contribution in [0.1, 0.15) is 24.8 Å². The zero-order chi connectivity index (χ0) is 18.0. The van der Waals surface area contributed by atoms with E-state index in [1.165, 1.54) is 7.11 Å². The monoisotopic (exact) mass is 358 g/mol. The first-order valence-corrected chi connectivity index (χ1v) is 8.41. The van der Waals surface area contributed by atoms with Gasteiger partial charge in [-0.1, -0.05) is 29.8 Å². The van der Waals surface area contributed by atoms with Crippen LogP contribution < -0.4 is 10.2 Å². The van der Waals surface area contributed by atoms with Crippen molar-refractivity contribution < 1.29 is 14.3 Å². The van der Waals surface area contributed by atoms with Crippen LogP contribution in [0.25, 0.3) is 0 Å². The average molecular weight is 359 g/mol. The molecule has 6 heteroatoms. The molecule has 2 unspecified atom stereocenters. The molecule has 1 aliphatic heterocycles. The highest BCUT2D eigenvalue weighted by molar-refractivity contribution is 6.30. The molecule has 2 amide bonds. The quantitative estimate of drug-likeness (QED) is 0.808. The van der Waals surface area contributed by atoms with Crippen molar-refractivity contribution in [3.8, 4) is 0 Å². The number of rotatable bonds is 2. The SMILES string of the molecule is COC(=O)C1CC(C)N(C(=O)Nc2ccc(Cl)cc2)c2ccccc21. The number of esters is 1. The Bertz CT molecular complexity index is 792. The Balaban J connectivity index is 1.91. The molecule has 25 heavy (non-hydrogen) atoms. The molecule has 0 saturated heterocycles. The van der Waals surface area contributed by atoms with Crippen LogP contribution in [0.3, 0.4) is 0 Å². The number of para-hydroxylation sites is 1. The van der Waals surface area contributed by atoms with E-state index in [1.807, 2.05) is 31.2 Å². The van der Waals surface area contributed by atoms with Gasteiger partial charge in [0.05, 0.1) is 13.0 Å². The van der Waals surface area contributed by atoms with Gasteiger partial charge in [-0.2, -0.15) is 0 Å². The summed E-state index contributed by atoms with van der Waals surface area (Å²) in [4.78, 5) is 26.6. The molecule has 3 rings (SSSR count). The van der Waals surface area contributed by atoms with Gasteiger partial charge in [0.2, 0.25) is 0 Å². The summed E-state index contributed by atoms with van der Waals surface area (Å²) in [5.74, 6) is -0.646. The standard InChI is InChI=1S/C19H19ClN2O3/c1-12-11-16(18(23)25-2)15-5-3-4-6-17(15)22(12)19(24)21-14-9-7-13(20)8-10-14/h3-10,12,16H,11H2,1-2H3,(H,21,24). The fourth-order valence-electron chi connectivity index (χ4n) is 3.20. The van der Waals surface area contributed by atoms with Gasteiger partial charge in [-0.3, -0.25) is 9.69 Å². The number of hydrogen-bond acceptors (Lipinski definition) is 3. The number of fused-ring (bicyclic) bond motifs is 1. The first kappa shape index (κ1) is 17.3. The summed E-state index contributed by atoms with van der Waals surface area (Å²) >= 11 is 5.88. The highest BCUT2D eigenvalue weighted by atomic mass is 35.5. The Morgan fingerprint density at radius 1 is 1.16 bits per heavy atom. The molecular formula is C19H19ClN2O3. The lowest BCUT2D eigenvalue weighted by atomic mass is 9.86. The molecule has 0 aliphatic carbocycles. The zero-order valence-corrected chi connectivity index (χ0v) is 14.8. The van der Waals surface area contributed by atoms with Crippen molar-refractivity contribution in [1.82, 2.24) is 0 Å². The van der Waals surface area contributed by atoms with E-state index in [-0.39, 0.29) is 24.0 Å². The minimum Gasteiger partial charge on any atom is -0.469 e. The molecule has 0 radical (unpaired) electrons. The first-order valence-electron chi connectivity index (χ1n) is 8.03. The van der Waals surface area contributed by atoms with Crippen molar-refractivity contribution in [3.63, 3.8) is 0 Å². The maximum atomic E-state index is 12.8. The molecule has 0 bridgehead atoms. The van der Waals surface area contributed by atoms with Gasteiger partial charge < -0.3 is 10.1 Å². The topological polar surface area (TPSA) is 58.6 Å². The number of amides is 2. The fraction of sp³-hybridized carbons (Fsp3) is 0.263. The Morgan fingerprint density at radius 3 is 2.52 bits per heavy atom. The van der Waals surface area contributed by atoms with Crippen LogP contribution in [0, 0.1) is 0 Å². The number of anilines is 2. The third-order valence-corrected chi connectivity index (χ3v) is 4.64. The lowest BCUT2D eigenvalue weighted by molar-refractivity contribution is -0.142. The number of carbonyl (C=O) groups is 2. The summed E-state index contributed by atoms with van der Waals surface area (Å²) in [7, 11) is 1.38. The molecule has 2 aromatic carbocycles. The Kier molecular flexibility index (Phi) is 4.95. The smallest absolute Gasteiger partial charge is 0.326 e. The van der Waals surface area contributed by atoms with E-state index < -0.39 is 0 Å². The lowest BCUT2D eigenvalue weighted by Gasteiger charge is -2.38. The molecule has 0 saturated carbocycles. The number of nitrogens with zero attached hydrogens (tertiary/aromatic N) is 1. The van der Waals surface area contributed by atoms with Crippen molar-refractivity contribution in [1.29, 1.82) is 0 Å². The summed E-state index contributed by atoms with van der Waals surface area (Å²) in [6, 6.07) is 14.0. The molecule has 1 aliphatic rings. The molecule has 2 aromatic rings. The summed E-state index contributed by atoms with van der Waals surface area (Å²) in [6.45, 7) is 1.92. The van der Waals surface area contributed by atoms with Gasteiger partial charge >= 0.3 is 12.0 Å². The van der Waals surface area contributed by atoms with Crippen LogP contribution in [0.5, 0.6) is 0 Å². The van der Waals surface area contributed by atoms with Gasteiger partial charge in [0, 0.05) is 22.4 Å². The summed E-state index contributed by atoms with van der Waals surface area (Å²) < 4.78 is 4.93. The van der Waals surface area contributed by atoms with Crippen LogP contribution in [0.2, 0.25) is 5.02 Å². The van der Waals surface area contributed by atoms with Crippen LogP contribution in [-0.4, -0.2) is 25.2 Å². The minimum absolute atomic E-state index is 0.147. The number of urea groups is 1. The summed E-state index contributed by atoms with van der Waals surface area (Å²) in [5.41, 5.74) is 2.19. The molecule has 2 atom stereocenters. The fourth-order valence-corrected chi connectivity index (χ4v) is 3.33. The van der Waals surface area contributed by atoms with Crippen molar-refractivity contribution in [2.24, 2.45) is 0 Å². The van der Waals surface area contributed by atoms with Gasteiger partial charge in [-0.15, -0.1) is 0 Å². The Hall–Kier alpha value is -2.53. The van der Waals surface area contributed by atoms with Gasteiger partial charge in [0.1, 0.15) is 0 Å². The first-order chi connectivity index (χ1) is 12.0. The molecule has 5 nitrogen and oxygen atoms in total. The van der Waals surface area contributed by atoms with Crippen molar-refractivity contribution in [2.45, 2.75) is 25.3 Å². The molecule has 1 heterocycles. The van der Waals surface area contributed by atoms with E-state index in [0.29, 0.717) is 17.1 Å². The molecule has 130 valence electrons. The second kappa shape index (κ2) is 7.15. The highest BCUT2D eigenvalue weighted by Crippen LogP contribution is 2.39. The van der Waals surface area contributed by atoms with E-state index in [0.717, 1.165) is 11.3 Å². The average Bonchev–Trinajstić information content (AvgIpc) is 2.62. The normalized spacial score (nSPS) is 19.1. The second-order valence-corrected chi connectivity index (χ2v) is 6.46. The maximum Gasteiger partial charge on any atom is 0.326 e. The largest absolute Gasteiger partial charge is 0.469 e. The third-order valence-electron chi connectivity index (χ3n) is 4.39. The number of benzene rings is 2. The van der Waals surface area contributed by atoms with Gasteiger partial charge in [-0.05, 0) is 49.2 Å². The number of halogens is 1. The van der Waals surface area contributed by atoms with E-state index in [9.17, 15) is 9.59 Å². The van der Waals surface area contributed by atoms with Gasteiger partial charge in [-0.25, -0.2) is 4.79 Å². The predicted molar refractivity (Wildman–Crippen MR) is 98.2 cm³/mol. The zero-order valence-electron chi connectivity index (χ0n) is 14.0. The molecule has 0 spiro atoms. The van der Waals surface area contributed by atoms with Crippen LogP contribution >= 0.6 is 11.6 Å². The highest BCUT2D eigenvalue weighted by Gasteiger charge is 2.37. The van der Waals surface area contributed by atoms with Crippen LogP contribution in [-0.2, 0) is 9.53 Å². The van der Waals surface area contributed by atoms with E-state index >= 15 is 0 Å². The lowest BCUT2D eigenvalue weighted by Crippen LogP contribution is -2.46. The summed E-state index contributed by atoms with van der Waals surface area (Å²) in [5, 5.41) is 3.49. The van der Waals surface area contributed by atoms with Crippen molar-refractivity contribution >= 4 is 35.0 Å². The summed E-state index contributed by atoms with van der Waals surface area (Å²) in [6.07, 6.45) is 0.512. The second-order valence-electron chi connectivity index (χ2n) is 6.03. The molecule has 0 aromatic heterocycles. The van der Waals surface area contributed by atoms with Gasteiger partial charge in [0.15, 0.2) is 0 Å². The number of hydrogen-bond donors (Lipinski definition) is 1. The molecular weight excluding hydrogens is 340 g/mol. The number of carbonyl (C=O) groups excluding carboxylic acids is 2. The maximum absolute atomic E-state index is 12.8. The van der Waals surface area contributed by atoms with E-state index in [1.54, 1.807) is 29.2 Å². The number of methoxy groups -OCH3 is 1. The van der Waals surface area contributed by atoms with Crippen molar-refractivity contribution in [3.05, 3.63) is 59.1 Å².